The number of benzene rings is 1. The first-order valence-corrected chi connectivity index (χ1v) is 13.2. The molecule has 1 rings (SSSR count). The van der Waals surface area contributed by atoms with E-state index in [1.165, 1.54) is 12.0 Å². The van der Waals surface area contributed by atoms with E-state index in [4.69, 9.17) is 9.16 Å². The molecule has 0 radical (unpaired) electrons. The monoisotopic (exact) mass is 441 g/mol. The molecule has 1 aromatic carbocycles. The molecule has 31 heavy (non-hydrogen) atoms. The summed E-state index contributed by atoms with van der Waals surface area (Å²) in [5.74, 6) is 4.82. The largest absolute Gasteiger partial charge is 0.467 e. The molecule has 1 amide bonds. The molecular formula is C25H35NO4Si. The molecule has 0 N–H and O–H groups in total. The van der Waals surface area contributed by atoms with Crippen LogP contribution in [0.4, 0.5) is 0 Å². The van der Waals surface area contributed by atoms with Crippen molar-refractivity contribution in [2.75, 3.05) is 20.3 Å². The molecule has 0 aliphatic carbocycles. The molecule has 6 heteroatoms. The Morgan fingerprint density at radius 1 is 1.16 bits per heavy atom. The predicted octanol–water partition coefficient (Wildman–Crippen LogP) is 4.82. The molecule has 5 nitrogen and oxygen atoms in total. The van der Waals surface area contributed by atoms with Crippen LogP contribution in [0.5, 0.6) is 0 Å². The predicted molar refractivity (Wildman–Crippen MR) is 127 cm³/mol. The van der Waals surface area contributed by atoms with Gasteiger partial charge in [0.2, 0.25) is 0 Å². The highest BCUT2D eigenvalue weighted by molar-refractivity contribution is 6.74. The smallest absolute Gasteiger partial charge is 0.338 e. The van der Waals surface area contributed by atoms with Gasteiger partial charge in [0.25, 0.3) is 5.91 Å². The summed E-state index contributed by atoms with van der Waals surface area (Å²) in [6.45, 7) is 14.1. The minimum atomic E-state index is -2.24. The number of ether oxygens (including phenoxy) is 1. The van der Waals surface area contributed by atoms with Crippen LogP contribution in [0.3, 0.4) is 0 Å². The molecule has 0 heterocycles. The number of esters is 1. The Kier molecular flexibility index (Phi) is 9.52. The van der Waals surface area contributed by atoms with Crippen molar-refractivity contribution in [1.29, 1.82) is 0 Å². The summed E-state index contributed by atoms with van der Waals surface area (Å²) in [5.41, 5.74) is 1.93. The average Bonchev–Trinajstić information content (AvgIpc) is 2.74. The van der Waals surface area contributed by atoms with Gasteiger partial charge in [-0.25, -0.2) is 4.79 Å². The Morgan fingerprint density at radius 3 is 2.26 bits per heavy atom. The fraction of sp³-hybridized carbons (Fsp3) is 0.480. The molecule has 0 fully saturated rings. The number of hydrogen-bond acceptors (Lipinski definition) is 4. The Morgan fingerprint density at radius 2 is 1.77 bits per heavy atom. The van der Waals surface area contributed by atoms with Crippen molar-refractivity contribution in [2.24, 2.45) is 0 Å². The standard InChI is InChI=1S/C25H35NO4Si/c1-9-11-18-25(23(28)29-6,20-30-31(7,8)24(3,4)5)26(19-12-10-2)22(27)21-16-14-13-15-17-21/h9,13-18H,19-20H2,1-8H3/t11?,25-/m0/s1. The van der Waals surface area contributed by atoms with Crippen LogP contribution in [0, 0.1) is 11.8 Å². The van der Waals surface area contributed by atoms with E-state index in [2.05, 4.69) is 51.4 Å². The van der Waals surface area contributed by atoms with Gasteiger partial charge in [0.05, 0.1) is 20.3 Å². The van der Waals surface area contributed by atoms with Crippen LogP contribution in [0.1, 0.15) is 45.0 Å². The average molecular weight is 442 g/mol. The molecule has 0 aliphatic rings. The van der Waals surface area contributed by atoms with Crippen molar-refractivity contribution >= 4 is 20.2 Å². The van der Waals surface area contributed by atoms with Crippen molar-refractivity contribution in [3.63, 3.8) is 0 Å². The molecule has 168 valence electrons. The number of carbonyl (C=O) groups is 2. The molecule has 1 aromatic rings. The normalized spacial score (nSPS) is 13.0. The van der Waals surface area contributed by atoms with E-state index in [0.29, 0.717) is 5.56 Å². The second kappa shape index (κ2) is 11.2. The van der Waals surface area contributed by atoms with Crippen LogP contribution >= 0.6 is 0 Å². The zero-order valence-electron chi connectivity index (χ0n) is 20.0. The number of rotatable bonds is 8. The van der Waals surface area contributed by atoms with Gasteiger partial charge < -0.3 is 14.1 Å². The van der Waals surface area contributed by atoms with Gasteiger partial charge in [-0.05, 0) is 56.3 Å². The lowest BCUT2D eigenvalue weighted by atomic mass is 9.96. The van der Waals surface area contributed by atoms with Crippen molar-refractivity contribution in [2.45, 2.75) is 58.3 Å². The molecular weight excluding hydrogens is 406 g/mol. The van der Waals surface area contributed by atoms with Crippen LogP contribution in [0.25, 0.3) is 0 Å². The van der Waals surface area contributed by atoms with Gasteiger partial charge >= 0.3 is 5.97 Å². The maximum atomic E-state index is 13.6. The lowest BCUT2D eigenvalue weighted by molar-refractivity contribution is -0.152. The van der Waals surface area contributed by atoms with Gasteiger partial charge in [-0.2, -0.15) is 0 Å². The van der Waals surface area contributed by atoms with E-state index in [1.807, 2.05) is 6.07 Å². The molecule has 0 saturated carbocycles. The van der Waals surface area contributed by atoms with Gasteiger partial charge in [-0.1, -0.05) is 44.9 Å². The van der Waals surface area contributed by atoms with E-state index in [9.17, 15) is 9.59 Å². The zero-order chi connectivity index (χ0) is 23.7. The number of nitrogens with zero attached hydrogens (tertiary/aromatic N) is 1. The summed E-state index contributed by atoms with van der Waals surface area (Å²) in [6.07, 6.45) is 3.24. The van der Waals surface area contributed by atoms with Crippen LogP contribution in [-0.2, 0) is 14.0 Å². The fourth-order valence-electron chi connectivity index (χ4n) is 2.62. The molecule has 1 atom stereocenters. The molecule has 0 aliphatic heterocycles. The third kappa shape index (κ3) is 6.45. The Hall–Kier alpha value is -2.58. The summed E-state index contributed by atoms with van der Waals surface area (Å²) in [7, 11) is -0.934. The first kappa shape index (κ1) is 26.5. The number of carbonyl (C=O) groups excluding carboxylic acids is 2. The third-order valence-electron chi connectivity index (χ3n) is 5.65. The van der Waals surface area contributed by atoms with Gasteiger partial charge in [0.15, 0.2) is 13.9 Å². The van der Waals surface area contributed by atoms with Crippen LogP contribution in [-0.4, -0.2) is 50.9 Å². The topological polar surface area (TPSA) is 55.8 Å². The van der Waals surface area contributed by atoms with E-state index in [0.717, 1.165) is 0 Å². The van der Waals surface area contributed by atoms with Crippen LogP contribution in [0.2, 0.25) is 18.1 Å². The summed E-state index contributed by atoms with van der Waals surface area (Å²) in [4.78, 5) is 28.2. The maximum Gasteiger partial charge on any atom is 0.338 e. The molecule has 0 spiro atoms. The number of methoxy groups -OCH3 is 1. The minimum Gasteiger partial charge on any atom is -0.467 e. The van der Waals surface area contributed by atoms with E-state index in [1.54, 1.807) is 50.3 Å². The highest BCUT2D eigenvalue weighted by Gasteiger charge is 2.49. The van der Waals surface area contributed by atoms with Gasteiger partial charge in [0.1, 0.15) is 0 Å². The SMILES string of the molecule is CC#CCN(C(=O)c1ccccc1)[C@@](C=C=CC)(CO[Si](C)(C)C(C)(C)C)C(=O)OC. The van der Waals surface area contributed by atoms with E-state index >= 15 is 0 Å². The molecule has 0 bridgehead atoms. The summed E-state index contributed by atoms with van der Waals surface area (Å²) < 4.78 is 11.6. The molecule has 0 aromatic heterocycles. The quantitative estimate of drug-likeness (QED) is 0.251. The van der Waals surface area contributed by atoms with E-state index < -0.39 is 19.8 Å². The van der Waals surface area contributed by atoms with E-state index in [-0.39, 0.29) is 24.1 Å². The Balaban J connectivity index is 3.67. The Labute approximate surface area is 188 Å². The van der Waals surface area contributed by atoms with Gasteiger partial charge in [-0.3, -0.25) is 4.79 Å². The highest BCUT2D eigenvalue weighted by Crippen LogP contribution is 2.38. The van der Waals surface area contributed by atoms with Gasteiger partial charge in [-0.15, -0.1) is 11.7 Å². The highest BCUT2D eigenvalue weighted by atomic mass is 28.4. The summed E-state index contributed by atoms with van der Waals surface area (Å²) in [6, 6.07) is 8.83. The third-order valence-corrected chi connectivity index (χ3v) is 10.1. The van der Waals surface area contributed by atoms with Crippen molar-refractivity contribution in [3.8, 4) is 11.8 Å². The minimum absolute atomic E-state index is 0.0407. The second-order valence-electron chi connectivity index (χ2n) is 8.75. The van der Waals surface area contributed by atoms with Gasteiger partial charge in [0, 0.05) is 5.56 Å². The second-order valence-corrected chi connectivity index (χ2v) is 13.6. The zero-order valence-corrected chi connectivity index (χ0v) is 21.0. The number of hydrogen-bond donors (Lipinski definition) is 0. The van der Waals surface area contributed by atoms with Crippen molar-refractivity contribution in [3.05, 3.63) is 53.8 Å². The lowest BCUT2D eigenvalue weighted by Gasteiger charge is -2.42. The summed E-state index contributed by atoms with van der Waals surface area (Å²) >= 11 is 0. The van der Waals surface area contributed by atoms with Crippen molar-refractivity contribution in [1.82, 2.24) is 4.90 Å². The summed E-state index contributed by atoms with van der Waals surface area (Å²) in [5, 5.41) is -0.0728. The van der Waals surface area contributed by atoms with Crippen LogP contribution < -0.4 is 0 Å². The number of amides is 1. The van der Waals surface area contributed by atoms with Crippen LogP contribution in [0.15, 0.2) is 48.2 Å². The maximum absolute atomic E-state index is 13.6. The first-order valence-electron chi connectivity index (χ1n) is 10.3. The Bertz CT molecular complexity index is 880. The molecule has 0 saturated heterocycles. The van der Waals surface area contributed by atoms with Crippen molar-refractivity contribution < 1.29 is 18.8 Å². The first-order chi connectivity index (χ1) is 14.5. The molecule has 0 unspecified atom stereocenters. The lowest BCUT2D eigenvalue weighted by Crippen LogP contribution is -2.61. The fourth-order valence-corrected chi connectivity index (χ4v) is 3.63.